The number of nitrogens with zero attached hydrogens (tertiary/aromatic N) is 2. The number of benzene rings is 1. The third-order valence-corrected chi connectivity index (χ3v) is 4.23. The molecule has 24 heavy (non-hydrogen) atoms. The Bertz CT molecular complexity index is 849. The highest BCUT2D eigenvalue weighted by Crippen LogP contribution is 2.18. The van der Waals surface area contributed by atoms with Crippen molar-refractivity contribution in [3.63, 3.8) is 0 Å². The number of hydrogen-bond acceptors (Lipinski definition) is 5. The average molecular weight is 343 g/mol. The number of aromatic nitrogens is 2. The maximum atomic E-state index is 12.9. The minimum Gasteiger partial charge on any atom is -0.392 e. The number of thiazole rings is 1. The third kappa shape index (κ3) is 3.81. The first-order valence-corrected chi connectivity index (χ1v) is 8.07. The average Bonchev–Trinajstić information content (AvgIpc) is 3.06. The molecule has 0 saturated carbocycles. The van der Waals surface area contributed by atoms with Gasteiger partial charge in [-0.05, 0) is 23.8 Å². The van der Waals surface area contributed by atoms with Crippen molar-refractivity contribution in [3.05, 3.63) is 75.8 Å². The lowest BCUT2D eigenvalue weighted by Crippen LogP contribution is -2.14. The molecule has 1 amide bonds. The summed E-state index contributed by atoms with van der Waals surface area (Å²) in [5.74, 6) is -0.645. The Kier molecular flexibility index (Phi) is 4.93. The van der Waals surface area contributed by atoms with Crippen LogP contribution in [0.4, 0.5) is 10.1 Å². The van der Waals surface area contributed by atoms with E-state index in [1.54, 1.807) is 29.8 Å². The highest BCUT2D eigenvalue weighted by Gasteiger charge is 2.13. The van der Waals surface area contributed by atoms with Gasteiger partial charge >= 0.3 is 0 Å². The quantitative estimate of drug-likeness (QED) is 0.747. The molecule has 1 aromatic carbocycles. The van der Waals surface area contributed by atoms with Crippen molar-refractivity contribution >= 4 is 22.9 Å². The Hall–Kier alpha value is -2.64. The highest BCUT2D eigenvalue weighted by molar-refractivity contribution is 7.09. The Morgan fingerprint density at radius 2 is 2.04 bits per heavy atom. The Morgan fingerprint density at radius 1 is 1.25 bits per heavy atom. The second-order valence-corrected chi connectivity index (χ2v) is 6.02. The molecule has 0 saturated heterocycles. The number of nitrogens with one attached hydrogen (secondary N) is 1. The van der Waals surface area contributed by atoms with Crippen LogP contribution in [0.2, 0.25) is 0 Å². The maximum Gasteiger partial charge on any atom is 0.275 e. The number of halogens is 1. The summed E-state index contributed by atoms with van der Waals surface area (Å²) in [6.45, 7) is -0.189. The van der Waals surface area contributed by atoms with E-state index in [1.165, 1.54) is 29.7 Å². The van der Waals surface area contributed by atoms with Crippen LogP contribution in [0.15, 0.2) is 48.1 Å². The number of aliphatic hydroxyl groups is 1. The van der Waals surface area contributed by atoms with Crippen LogP contribution >= 0.6 is 11.3 Å². The number of carbonyl (C=O) groups is 1. The van der Waals surface area contributed by atoms with E-state index < -0.39 is 0 Å². The molecule has 0 bridgehead atoms. The monoisotopic (exact) mass is 343 g/mol. The number of aliphatic hydroxyl groups excluding tert-OH is 1. The molecule has 3 rings (SSSR count). The smallest absolute Gasteiger partial charge is 0.275 e. The van der Waals surface area contributed by atoms with Crippen LogP contribution in [0.1, 0.15) is 26.6 Å². The Balaban J connectivity index is 1.70. The maximum absolute atomic E-state index is 12.9. The fraction of sp³-hybridized carbons (Fsp3) is 0.118. The normalized spacial score (nSPS) is 10.6. The molecule has 0 atom stereocenters. The molecule has 122 valence electrons. The van der Waals surface area contributed by atoms with E-state index in [1.807, 2.05) is 0 Å². The van der Waals surface area contributed by atoms with Crippen LogP contribution in [0.5, 0.6) is 0 Å². The van der Waals surface area contributed by atoms with Gasteiger partial charge < -0.3 is 10.4 Å². The first kappa shape index (κ1) is 16.2. The number of pyridine rings is 1. The molecule has 2 aromatic heterocycles. The second-order valence-electron chi connectivity index (χ2n) is 5.07. The zero-order chi connectivity index (χ0) is 16.9. The van der Waals surface area contributed by atoms with Crippen molar-refractivity contribution in [2.75, 3.05) is 5.32 Å². The Labute approximate surface area is 141 Å². The number of amides is 1. The van der Waals surface area contributed by atoms with Crippen LogP contribution in [-0.4, -0.2) is 21.0 Å². The van der Waals surface area contributed by atoms with E-state index >= 15 is 0 Å². The van der Waals surface area contributed by atoms with Crippen molar-refractivity contribution < 1.29 is 14.3 Å². The largest absolute Gasteiger partial charge is 0.392 e. The van der Waals surface area contributed by atoms with Gasteiger partial charge in [0.05, 0.1) is 23.5 Å². The topological polar surface area (TPSA) is 75.1 Å². The van der Waals surface area contributed by atoms with Gasteiger partial charge in [0.2, 0.25) is 0 Å². The van der Waals surface area contributed by atoms with E-state index in [2.05, 4.69) is 15.3 Å². The van der Waals surface area contributed by atoms with Gasteiger partial charge in [0.1, 0.15) is 11.5 Å². The number of anilines is 1. The lowest BCUT2D eigenvalue weighted by molar-refractivity contribution is 0.102. The molecule has 5 nitrogen and oxygen atoms in total. The minimum atomic E-state index is -0.362. The zero-order valence-corrected chi connectivity index (χ0v) is 13.4. The summed E-state index contributed by atoms with van der Waals surface area (Å²) in [4.78, 5) is 20.5. The molecule has 0 aliphatic carbocycles. The van der Waals surface area contributed by atoms with Crippen LogP contribution in [0, 0.1) is 5.82 Å². The zero-order valence-electron chi connectivity index (χ0n) is 12.6. The van der Waals surface area contributed by atoms with Gasteiger partial charge in [-0.3, -0.25) is 9.78 Å². The molecule has 0 aliphatic heterocycles. The minimum absolute atomic E-state index is 0.189. The van der Waals surface area contributed by atoms with Gasteiger partial charge in [-0.15, -0.1) is 11.3 Å². The van der Waals surface area contributed by atoms with Crippen molar-refractivity contribution in [1.82, 2.24) is 9.97 Å². The SMILES string of the molecule is O=C(Nc1cnccc1CO)c1csc(Cc2ccc(F)cc2)n1. The first-order valence-electron chi connectivity index (χ1n) is 7.19. The van der Waals surface area contributed by atoms with E-state index in [0.29, 0.717) is 23.4 Å². The molecule has 0 fully saturated rings. The van der Waals surface area contributed by atoms with Crippen molar-refractivity contribution in [3.8, 4) is 0 Å². The molecule has 2 heterocycles. The molecule has 0 radical (unpaired) electrons. The highest BCUT2D eigenvalue weighted by atomic mass is 32.1. The molecular weight excluding hydrogens is 329 g/mol. The van der Waals surface area contributed by atoms with Crippen molar-refractivity contribution in [2.45, 2.75) is 13.0 Å². The predicted octanol–water partition coefficient (Wildman–Crippen LogP) is 3.01. The predicted molar refractivity (Wildman–Crippen MR) is 89.4 cm³/mol. The van der Waals surface area contributed by atoms with E-state index in [0.717, 1.165) is 10.6 Å². The van der Waals surface area contributed by atoms with E-state index in [9.17, 15) is 14.3 Å². The number of hydrogen-bond donors (Lipinski definition) is 2. The number of rotatable bonds is 5. The van der Waals surface area contributed by atoms with Gasteiger partial charge in [-0.2, -0.15) is 0 Å². The molecule has 0 aliphatic rings. The second kappa shape index (κ2) is 7.29. The third-order valence-electron chi connectivity index (χ3n) is 3.38. The molecule has 3 aromatic rings. The molecule has 0 spiro atoms. The summed E-state index contributed by atoms with van der Waals surface area (Å²) >= 11 is 1.37. The van der Waals surface area contributed by atoms with E-state index in [-0.39, 0.29) is 18.3 Å². The molecular formula is C17H14FN3O2S. The Morgan fingerprint density at radius 3 is 2.79 bits per heavy atom. The molecule has 2 N–H and O–H groups in total. The molecule has 7 heteroatoms. The summed E-state index contributed by atoms with van der Waals surface area (Å²) in [7, 11) is 0. The van der Waals surface area contributed by atoms with Crippen LogP contribution in [-0.2, 0) is 13.0 Å². The van der Waals surface area contributed by atoms with Gasteiger partial charge in [0, 0.05) is 23.6 Å². The number of carbonyl (C=O) groups excluding carboxylic acids is 1. The summed E-state index contributed by atoms with van der Waals surface area (Å²) in [5, 5.41) is 14.4. The van der Waals surface area contributed by atoms with Crippen LogP contribution in [0.25, 0.3) is 0 Å². The van der Waals surface area contributed by atoms with Gasteiger partial charge in [-0.1, -0.05) is 12.1 Å². The van der Waals surface area contributed by atoms with Gasteiger partial charge in [-0.25, -0.2) is 9.37 Å². The lowest BCUT2D eigenvalue weighted by Gasteiger charge is -2.07. The summed E-state index contributed by atoms with van der Waals surface area (Å²) in [6, 6.07) is 7.82. The van der Waals surface area contributed by atoms with E-state index in [4.69, 9.17) is 0 Å². The first-order chi connectivity index (χ1) is 11.7. The summed E-state index contributed by atoms with van der Waals surface area (Å²) in [6.07, 6.45) is 3.56. The molecule has 0 unspecified atom stereocenters. The standard InChI is InChI=1S/C17H14FN3O2S/c18-13-3-1-11(2-4-13)7-16-20-15(10-24-16)17(23)21-14-8-19-6-5-12(14)9-22/h1-6,8,10,22H,7,9H2,(H,21,23). The fourth-order valence-corrected chi connectivity index (χ4v) is 2.94. The van der Waals surface area contributed by atoms with Crippen molar-refractivity contribution in [1.29, 1.82) is 0 Å². The van der Waals surface area contributed by atoms with Crippen LogP contribution in [0.3, 0.4) is 0 Å². The fourth-order valence-electron chi connectivity index (χ4n) is 2.13. The van der Waals surface area contributed by atoms with Gasteiger partial charge in [0.15, 0.2) is 0 Å². The summed E-state index contributed by atoms with van der Waals surface area (Å²) in [5.41, 5.74) is 2.26. The van der Waals surface area contributed by atoms with Crippen molar-refractivity contribution in [2.24, 2.45) is 0 Å². The van der Waals surface area contributed by atoms with Crippen LogP contribution < -0.4 is 5.32 Å². The van der Waals surface area contributed by atoms with Gasteiger partial charge in [0.25, 0.3) is 5.91 Å². The lowest BCUT2D eigenvalue weighted by atomic mass is 10.1. The summed E-state index contributed by atoms with van der Waals surface area (Å²) < 4.78 is 12.9.